The minimum Gasteiger partial charge on any atom is -0.480 e. The van der Waals surface area contributed by atoms with Gasteiger partial charge in [-0.2, -0.15) is 0 Å². The standard InChI is InChI=1S/C16H17N3O4/c20-14(21)9-17-15(22)10-5-6-11-12(8-10)18-13-4-2-1-3-7-19(13)16(11)23/h5-6,8H,1-4,7,9H2,(H,17,22)(H,20,21). The van der Waals surface area contributed by atoms with Crippen LogP contribution in [-0.4, -0.2) is 33.1 Å². The van der Waals surface area contributed by atoms with E-state index >= 15 is 0 Å². The molecular weight excluding hydrogens is 298 g/mol. The number of fused-ring (bicyclic) bond motifs is 2. The first kappa shape index (κ1) is 15.2. The van der Waals surface area contributed by atoms with Crippen molar-refractivity contribution >= 4 is 22.8 Å². The molecule has 7 heteroatoms. The molecule has 0 saturated heterocycles. The predicted octanol–water partition coefficient (Wildman–Crippen LogP) is 0.937. The molecule has 2 aromatic rings. The molecular formula is C16H17N3O4. The molecule has 120 valence electrons. The molecule has 0 aliphatic carbocycles. The third-order valence-electron chi connectivity index (χ3n) is 3.98. The van der Waals surface area contributed by atoms with E-state index in [0.717, 1.165) is 31.5 Å². The highest BCUT2D eigenvalue weighted by molar-refractivity contribution is 5.98. The van der Waals surface area contributed by atoms with Gasteiger partial charge in [0.2, 0.25) is 0 Å². The van der Waals surface area contributed by atoms with E-state index in [4.69, 9.17) is 5.11 Å². The number of benzene rings is 1. The van der Waals surface area contributed by atoms with Crippen LogP contribution in [0.2, 0.25) is 0 Å². The van der Waals surface area contributed by atoms with Crippen LogP contribution in [0.3, 0.4) is 0 Å². The molecule has 0 radical (unpaired) electrons. The van der Waals surface area contributed by atoms with Crippen LogP contribution >= 0.6 is 0 Å². The summed E-state index contributed by atoms with van der Waals surface area (Å²) in [6.45, 7) is 0.231. The van der Waals surface area contributed by atoms with E-state index in [1.54, 1.807) is 16.7 Å². The Balaban J connectivity index is 2.01. The maximum Gasteiger partial charge on any atom is 0.322 e. The zero-order chi connectivity index (χ0) is 16.4. The molecule has 7 nitrogen and oxygen atoms in total. The highest BCUT2D eigenvalue weighted by Crippen LogP contribution is 2.16. The monoisotopic (exact) mass is 315 g/mol. The lowest BCUT2D eigenvalue weighted by Gasteiger charge is -2.10. The summed E-state index contributed by atoms with van der Waals surface area (Å²) >= 11 is 0. The van der Waals surface area contributed by atoms with Crippen molar-refractivity contribution in [3.8, 4) is 0 Å². The molecule has 3 rings (SSSR count). The van der Waals surface area contributed by atoms with Gasteiger partial charge in [0.1, 0.15) is 12.4 Å². The summed E-state index contributed by atoms with van der Waals surface area (Å²) in [5, 5.41) is 11.4. The second-order valence-electron chi connectivity index (χ2n) is 5.60. The molecule has 1 aromatic carbocycles. The topological polar surface area (TPSA) is 101 Å². The number of aliphatic carboxylic acids is 1. The molecule has 23 heavy (non-hydrogen) atoms. The van der Waals surface area contributed by atoms with Crippen molar-refractivity contribution in [2.24, 2.45) is 0 Å². The number of aryl methyl sites for hydroxylation is 1. The van der Waals surface area contributed by atoms with Crippen LogP contribution in [0, 0.1) is 0 Å². The van der Waals surface area contributed by atoms with Crippen LogP contribution in [-0.2, 0) is 17.8 Å². The summed E-state index contributed by atoms with van der Waals surface area (Å²) in [6.07, 6.45) is 3.79. The molecule has 0 fully saturated rings. The van der Waals surface area contributed by atoms with E-state index in [9.17, 15) is 14.4 Å². The largest absolute Gasteiger partial charge is 0.480 e. The average molecular weight is 315 g/mol. The number of carbonyl (C=O) groups excluding carboxylic acids is 1. The highest BCUT2D eigenvalue weighted by atomic mass is 16.4. The molecule has 0 saturated carbocycles. The Morgan fingerprint density at radius 2 is 2.09 bits per heavy atom. The predicted molar refractivity (Wildman–Crippen MR) is 83.5 cm³/mol. The maximum absolute atomic E-state index is 12.6. The molecule has 1 aliphatic rings. The van der Waals surface area contributed by atoms with E-state index in [2.05, 4.69) is 10.3 Å². The second kappa shape index (κ2) is 6.20. The van der Waals surface area contributed by atoms with E-state index in [1.165, 1.54) is 6.07 Å². The summed E-state index contributed by atoms with van der Waals surface area (Å²) in [5.74, 6) is -0.852. The summed E-state index contributed by atoms with van der Waals surface area (Å²) in [7, 11) is 0. The zero-order valence-corrected chi connectivity index (χ0v) is 12.5. The highest BCUT2D eigenvalue weighted by Gasteiger charge is 2.15. The van der Waals surface area contributed by atoms with Crippen molar-refractivity contribution in [1.29, 1.82) is 0 Å². The fraction of sp³-hybridized carbons (Fsp3) is 0.375. The van der Waals surface area contributed by atoms with Crippen molar-refractivity contribution in [3.63, 3.8) is 0 Å². The Morgan fingerprint density at radius 3 is 2.87 bits per heavy atom. The van der Waals surface area contributed by atoms with Crippen molar-refractivity contribution in [3.05, 3.63) is 39.9 Å². The number of hydrogen-bond acceptors (Lipinski definition) is 4. The van der Waals surface area contributed by atoms with Crippen molar-refractivity contribution in [2.45, 2.75) is 32.2 Å². The number of hydrogen-bond donors (Lipinski definition) is 2. The lowest BCUT2D eigenvalue weighted by atomic mass is 10.1. The third-order valence-corrected chi connectivity index (χ3v) is 3.98. The minimum atomic E-state index is -1.11. The van der Waals surface area contributed by atoms with E-state index in [-0.39, 0.29) is 5.56 Å². The fourth-order valence-electron chi connectivity index (χ4n) is 2.82. The van der Waals surface area contributed by atoms with Gasteiger partial charge in [-0.1, -0.05) is 6.42 Å². The molecule has 1 amide bonds. The Kier molecular flexibility index (Phi) is 4.10. The molecule has 0 unspecified atom stereocenters. The smallest absolute Gasteiger partial charge is 0.322 e. The minimum absolute atomic E-state index is 0.0793. The number of rotatable bonds is 3. The van der Waals surface area contributed by atoms with Crippen LogP contribution in [0.1, 0.15) is 35.4 Å². The number of aromatic nitrogens is 2. The Labute approximate surface area is 132 Å². The zero-order valence-electron chi connectivity index (χ0n) is 12.5. The molecule has 0 spiro atoms. The summed E-state index contributed by atoms with van der Waals surface area (Å²) in [4.78, 5) is 39.6. The van der Waals surface area contributed by atoms with Gasteiger partial charge in [-0.15, -0.1) is 0 Å². The molecule has 1 aromatic heterocycles. The number of nitrogens with zero attached hydrogens (tertiary/aromatic N) is 2. The second-order valence-corrected chi connectivity index (χ2v) is 5.60. The third kappa shape index (κ3) is 3.08. The summed E-state index contributed by atoms with van der Waals surface area (Å²) in [6, 6.07) is 4.64. The molecule has 2 N–H and O–H groups in total. The van der Waals surface area contributed by atoms with Gasteiger partial charge in [0.15, 0.2) is 0 Å². The normalized spacial score (nSPS) is 14.1. The number of amides is 1. The molecule has 0 atom stereocenters. The Bertz CT molecular complexity index is 841. The van der Waals surface area contributed by atoms with Crippen LogP contribution in [0.4, 0.5) is 0 Å². The number of carboxylic acid groups (broad SMARTS) is 1. The number of carboxylic acids is 1. The van der Waals surface area contributed by atoms with E-state index < -0.39 is 18.4 Å². The quantitative estimate of drug-likeness (QED) is 0.877. The van der Waals surface area contributed by atoms with Crippen LogP contribution in [0.25, 0.3) is 10.9 Å². The van der Waals surface area contributed by atoms with Crippen LogP contribution in [0.15, 0.2) is 23.0 Å². The van der Waals surface area contributed by atoms with Crippen LogP contribution < -0.4 is 10.9 Å². The van der Waals surface area contributed by atoms with Gasteiger partial charge in [-0.25, -0.2) is 4.98 Å². The van der Waals surface area contributed by atoms with Crippen LogP contribution in [0.5, 0.6) is 0 Å². The molecule has 1 aliphatic heterocycles. The van der Waals surface area contributed by atoms with Gasteiger partial charge < -0.3 is 10.4 Å². The number of nitrogens with one attached hydrogen (secondary N) is 1. The first-order chi connectivity index (χ1) is 11.1. The number of carbonyl (C=O) groups is 2. The van der Waals surface area contributed by atoms with Crippen molar-refractivity contribution in [2.75, 3.05) is 6.54 Å². The summed E-state index contributed by atoms with van der Waals surface area (Å²) < 4.78 is 1.72. The lowest BCUT2D eigenvalue weighted by Crippen LogP contribution is -2.29. The SMILES string of the molecule is O=C(O)CNC(=O)c1ccc2c(=O)n3c(nc2c1)CCCCC3. The fourth-order valence-corrected chi connectivity index (χ4v) is 2.82. The Morgan fingerprint density at radius 1 is 1.26 bits per heavy atom. The first-order valence-electron chi connectivity index (χ1n) is 7.60. The van der Waals surface area contributed by atoms with Gasteiger partial charge in [0.25, 0.3) is 11.5 Å². The average Bonchev–Trinajstić information content (AvgIpc) is 2.77. The van der Waals surface area contributed by atoms with Crippen molar-refractivity contribution < 1.29 is 14.7 Å². The van der Waals surface area contributed by atoms with Crippen molar-refractivity contribution in [1.82, 2.24) is 14.9 Å². The summed E-state index contributed by atoms with van der Waals surface area (Å²) in [5.41, 5.74) is 0.694. The van der Waals surface area contributed by atoms with Gasteiger partial charge in [0.05, 0.1) is 10.9 Å². The molecule has 2 heterocycles. The maximum atomic E-state index is 12.6. The van der Waals surface area contributed by atoms with Gasteiger partial charge in [0, 0.05) is 18.5 Å². The van der Waals surface area contributed by atoms with Gasteiger partial charge >= 0.3 is 5.97 Å². The first-order valence-corrected chi connectivity index (χ1v) is 7.60. The van der Waals surface area contributed by atoms with Gasteiger partial charge in [-0.3, -0.25) is 19.0 Å². The Hall–Kier alpha value is -2.70. The van der Waals surface area contributed by atoms with Gasteiger partial charge in [-0.05, 0) is 31.0 Å². The van der Waals surface area contributed by atoms with E-state index in [0.29, 0.717) is 23.0 Å². The molecule has 0 bridgehead atoms. The lowest BCUT2D eigenvalue weighted by molar-refractivity contribution is -0.135. The van der Waals surface area contributed by atoms with E-state index in [1.807, 2.05) is 0 Å².